The van der Waals surface area contributed by atoms with E-state index in [1.54, 1.807) is 16.9 Å². The summed E-state index contributed by atoms with van der Waals surface area (Å²) in [5, 5.41) is 13.9. The summed E-state index contributed by atoms with van der Waals surface area (Å²) in [4.78, 5) is 0. The molecule has 15 heavy (non-hydrogen) atoms. The van der Waals surface area contributed by atoms with Gasteiger partial charge < -0.3 is 5.11 Å². The summed E-state index contributed by atoms with van der Waals surface area (Å²) in [6.45, 7) is 1.93. The summed E-state index contributed by atoms with van der Waals surface area (Å²) in [5.74, 6) is 0. The Bertz CT molecular complexity index is 479. The van der Waals surface area contributed by atoms with Crippen LogP contribution in [0.3, 0.4) is 0 Å². The van der Waals surface area contributed by atoms with Gasteiger partial charge in [0.1, 0.15) is 0 Å². The number of halogens is 1. The molecule has 78 valence electrons. The van der Waals surface area contributed by atoms with Gasteiger partial charge in [-0.05, 0) is 30.7 Å². The smallest absolute Gasteiger partial charge is 0.0854 e. The van der Waals surface area contributed by atoms with Crippen LogP contribution in [0.4, 0.5) is 0 Å². The molecule has 0 aliphatic rings. The maximum atomic E-state index is 9.11. The van der Waals surface area contributed by atoms with E-state index < -0.39 is 0 Å². The van der Waals surface area contributed by atoms with E-state index in [1.165, 1.54) is 0 Å². The van der Waals surface area contributed by atoms with E-state index in [-0.39, 0.29) is 6.61 Å². The minimum absolute atomic E-state index is 0.0514. The number of aliphatic hydroxyl groups is 1. The van der Waals surface area contributed by atoms with Crippen LogP contribution in [0.2, 0.25) is 5.02 Å². The standard InChI is InChI=1S/C11H11ClN2O/c1-8-2-3-11(10(12)6-8)14-9(7-15)4-5-13-14/h2-6,15H,7H2,1H3. The van der Waals surface area contributed by atoms with Crippen LogP contribution in [0.15, 0.2) is 30.5 Å². The van der Waals surface area contributed by atoms with Gasteiger partial charge in [0.15, 0.2) is 0 Å². The molecule has 0 fully saturated rings. The molecule has 3 nitrogen and oxygen atoms in total. The molecule has 0 spiro atoms. The minimum Gasteiger partial charge on any atom is -0.390 e. The molecule has 0 atom stereocenters. The molecule has 4 heteroatoms. The van der Waals surface area contributed by atoms with Gasteiger partial charge in [-0.25, -0.2) is 4.68 Å². The molecule has 0 unspecified atom stereocenters. The van der Waals surface area contributed by atoms with E-state index in [9.17, 15) is 0 Å². The highest BCUT2D eigenvalue weighted by molar-refractivity contribution is 6.32. The summed E-state index contributed by atoms with van der Waals surface area (Å²) >= 11 is 6.11. The van der Waals surface area contributed by atoms with Gasteiger partial charge in [0.2, 0.25) is 0 Å². The maximum Gasteiger partial charge on any atom is 0.0854 e. The highest BCUT2D eigenvalue weighted by Gasteiger charge is 2.07. The van der Waals surface area contributed by atoms with Crippen molar-refractivity contribution in [2.24, 2.45) is 0 Å². The van der Waals surface area contributed by atoms with Crippen molar-refractivity contribution in [2.75, 3.05) is 0 Å². The summed E-state index contributed by atoms with van der Waals surface area (Å²) in [7, 11) is 0. The lowest BCUT2D eigenvalue weighted by atomic mass is 10.2. The average molecular weight is 223 g/mol. The van der Waals surface area contributed by atoms with Crippen LogP contribution in [-0.2, 0) is 6.61 Å². The highest BCUT2D eigenvalue weighted by atomic mass is 35.5. The van der Waals surface area contributed by atoms with Gasteiger partial charge in [-0.2, -0.15) is 5.10 Å². The Morgan fingerprint density at radius 2 is 2.20 bits per heavy atom. The molecular weight excluding hydrogens is 212 g/mol. The summed E-state index contributed by atoms with van der Waals surface area (Å²) in [6, 6.07) is 7.49. The Morgan fingerprint density at radius 1 is 1.40 bits per heavy atom. The van der Waals surface area contributed by atoms with Gasteiger partial charge in [0, 0.05) is 6.20 Å². The molecule has 0 saturated carbocycles. The molecule has 2 rings (SSSR count). The van der Waals surface area contributed by atoms with Crippen molar-refractivity contribution >= 4 is 11.6 Å². The fourth-order valence-electron chi connectivity index (χ4n) is 1.45. The van der Waals surface area contributed by atoms with Crippen LogP contribution >= 0.6 is 11.6 Å². The molecule has 2 aromatic rings. The predicted octanol–water partition coefficient (Wildman–Crippen LogP) is 2.33. The van der Waals surface area contributed by atoms with E-state index in [2.05, 4.69) is 5.10 Å². The fourth-order valence-corrected chi connectivity index (χ4v) is 1.77. The largest absolute Gasteiger partial charge is 0.390 e. The number of rotatable bonds is 2. The van der Waals surface area contributed by atoms with E-state index >= 15 is 0 Å². The number of nitrogens with zero attached hydrogens (tertiary/aromatic N) is 2. The summed E-state index contributed by atoms with van der Waals surface area (Å²) < 4.78 is 1.64. The zero-order valence-corrected chi connectivity index (χ0v) is 9.07. The van der Waals surface area contributed by atoms with E-state index in [0.29, 0.717) is 5.02 Å². The van der Waals surface area contributed by atoms with Gasteiger partial charge >= 0.3 is 0 Å². The summed E-state index contributed by atoms with van der Waals surface area (Å²) in [5.41, 5.74) is 2.61. The van der Waals surface area contributed by atoms with Crippen molar-refractivity contribution in [3.8, 4) is 5.69 Å². The zero-order chi connectivity index (χ0) is 10.8. The predicted molar refractivity (Wildman–Crippen MR) is 59.2 cm³/mol. The van der Waals surface area contributed by atoms with Crippen LogP contribution in [0.25, 0.3) is 5.69 Å². The molecule has 0 aliphatic carbocycles. The first kappa shape index (κ1) is 10.2. The maximum absolute atomic E-state index is 9.11. The third-order valence-corrected chi connectivity index (χ3v) is 2.52. The monoisotopic (exact) mass is 222 g/mol. The lowest BCUT2D eigenvalue weighted by Gasteiger charge is -2.08. The molecule has 0 aliphatic heterocycles. The normalized spacial score (nSPS) is 10.6. The van der Waals surface area contributed by atoms with Crippen molar-refractivity contribution in [3.63, 3.8) is 0 Å². The second kappa shape index (κ2) is 4.04. The van der Waals surface area contributed by atoms with E-state index in [0.717, 1.165) is 16.9 Å². The number of aromatic nitrogens is 2. The molecule has 1 aromatic heterocycles. The first-order valence-electron chi connectivity index (χ1n) is 4.62. The lowest BCUT2D eigenvalue weighted by molar-refractivity contribution is 0.273. The second-order valence-corrected chi connectivity index (χ2v) is 3.75. The Kier molecular flexibility index (Phi) is 2.75. The summed E-state index contributed by atoms with van der Waals surface area (Å²) in [6.07, 6.45) is 1.64. The average Bonchev–Trinajstić information content (AvgIpc) is 2.65. The quantitative estimate of drug-likeness (QED) is 0.847. The number of aliphatic hydroxyl groups excluding tert-OH is 1. The first-order chi connectivity index (χ1) is 7.22. The van der Waals surface area contributed by atoms with Gasteiger partial charge in [-0.15, -0.1) is 0 Å². The first-order valence-corrected chi connectivity index (χ1v) is 5.00. The van der Waals surface area contributed by atoms with Crippen LogP contribution in [0.5, 0.6) is 0 Å². The Hall–Kier alpha value is -1.32. The van der Waals surface area contributed by atoms with Crippen LogP contribution in [0, 0.1) is 6.92 Å². The molecule has 1 aromatic carbocycles. The van der Waals surface area contributed by atoms with Crippen molar-refractivity contribution in [2.45, 2.75) is 13.5 Å². The van der Waals surface area contributed by atoms with Crippen molar-refractivity contribution < 1.29 is 5.11 Å². The Labute approximate surface area is 92.9 Å². The van der Waals surface area contributed by atoms with Gasteiger partial charge in [-0.3, -0.25) is 0 Å². The van der Waals surface area contributed by atoms with Crippen molar-refractivity contribution in [3.05, 3.63) is 46.7 Å². The van der Waals surface area contributed by atoms with Gasteiger partial charge in [0.05, 0.1) is 23.0 Å². The minimum atomic E-state index is -0.0514. The van der Waals surface area contributed by atoms with Gasteiger partial charge in [0.25, 0.3) is 0 Å². The van der Waals surface area contributed by atoms with Crippen molar-refractivity contribution in [1.82, 2.24) is 9.78 Å². The SMILES string of the molecule is Cc1ccc(-n2nccc2CO)c(Cl)c1. The third-order valence-electron chi connectivity index (χ3n) is 2.21. The molecule has 0 radical (unpaired) electrons. The molecule has 0 saturated heterocycles. The van der Waals surface area contributed by atoms with Crippen LogP contribution in [0.1, 0.15) is 11.3 Å². The molecule has 0 bridgehead atoms. The Balaban J connectivity index is 2.54. The fraction of sp³-hybridized carbons (Fsp3) is 0.182. The highest BCUT2D eigenvalue weighted by Crippen LogP contribution is 2.22. The third kappa shape index (κ3) is 1.89. The number of benzene rings is 1. The van der Waals surface area contributed by atoms with E-state index in [1.807, 2.05) is 25.1 Å². The zero-order valence-electron chi connectivity index (χ0n) is 8.31. The lowest BCUT2D eigenvalue weighted by Crippen LogP contribution is -2.02. The van der Waals surface area contributed by atoms with Crippen LogP contribution < -0.4 is 0 Å². The molecular formula is C11H11ClN2O. The van der Waals surface area contributed by atoms with Crippen LogP contribution in [-0.4, -0.2) is 14.9 Å². The second-order valence-electron chi connectivity index (χ2n) is 3.35. The van der Waals surface area contributed by atoms with Gasteiger partial charge in [-0.1, -0.05) is 17.7 Å². The Morgan fingerprint density at radius 3 is 2.87 bits per heavy atom. The molecule has 1 heterocycles. The van der Waals surface area contributed by atoms with E-state index in [4.69, 9.17) is 16.7 Å². The molecule has 1 N–H and O–H groups in total. The number of aryl methyl sites for hydroxylation is 1. The number of hydrogen-bond acceptors (Lipinski definition) is 2. The topological polar surface area (TPSA) is 38.0 Å². The number of hydrogen-bond donors (Lipinski definition) is 1. The van der Waals surface area contributed by atoms with Crippen molar-refractivity contribution in [1.29, 1.82) is 0 Å². The molecule has 0 amide bonds.